The summed E-state index contributed by atoms with van der Waals surface area (Å²) in [5.41, 5.74) is 0.186. The zero-order chi connectivity index (χ0) is 15.5. The van der Waals surface area contributed by atoms with Crippen LogP contribution in [0.3, 0.4) is 0 Å². The molecule has 2 nitrogen and oxygen atoms in total. The summed E-state index contributed by atoms with van der Waals surface area (Å²) in [4.78, 5) is 0. The van der Waals surface area contributed by atoms with E-state index in [0.717, 1.165) is 38.3 Å². The van der Waals surface area contributed by atoms with Crippen LogP contribution >= 0.6 is 0 Å². The fourth-order valence-electron chi connectivity index (χ4n) is 2.94. The molecule has 118 valence electrons. The zero-order valence-electron chi connectivity index (χ0n) is 13.1. The van der Waals surface area contributed by atoms with Crippen LogP contribution in [0.1, 0.15) is 46.5 Å². The van der Waals surface area contributed by atoms with Crippen LogP contribution in [-0.2, 0) is 0 Å². The maximum atomic E-state index is 13.8. The Balaban J connectivity index is 2.11. The van der Waals surface area contributed by atoms with Gasteiger partial charge < -0.3 is 10.1 Å². The highest BCUT2D eigenvalue weighted by Gasteiger charge is 2.36. The lowest BCUT2D eigenvalue weighted by Crippen LogP contribution is -2.49. The molecule has 21 heavy (non-hydrogen) atoms. The number of hydrogen-bond donors (Lipinski definition) is 1. The molecule has 1 aliphatic carbocycles. The van der Waals surface area contributed by atoms with Crippen LogP contribution in [0.2, 0.25) is 0 Å². The van der Waals surface area contributed by atoms with Gasteiger partial charge in [-0.3, -0.25) is 0 Å². The Morgan fingerprint density at radius 2 is 2.10 bits per heavy atom. The molecule has 2 unspecified atom stereocenters. The van der Waals surface area contributed by atoms with Gasteiger partial charge in [0, 0.05) is 12.1 Å². The number of benzene rings is 1. The van der Waals surface area contributed by atoms with E-state index in [0.29, 0.717) is 0 Å². The van der Waals surface area contributed by atoms with Gasteiger partial charge in [-0.25, -0.2) is 8.78 Å². The molecule has 2 atom stereocenters. The molecule has 0 spiro atoms. The Hall–Kier alpha value is -1.16. The van der Waals surface area contributed by atoms with Gasteiger partial charge in [0.15, 0.2) is 11.6 Å². The van der Waals surface area contributed by atoms with Crippen molar-refractivity contribution in [3.8, 4) is 5.75 Å². The molecule has 1 fully saturated rings. The molecule has 4 heteroatoms. The first-order valence-corrected chi connectivity index (χ1v) is 7.76. The monoisotopic (exact) mass is 297 g/mol. The third-order valence-corrected chi connectivity index (χ3v) is 4.16. The summed E-state index contributed by atoms with van der Waals surface area (Å²) < 4.78 is 32.7. The summed E-state index contributed by atoms with van der Waals surface area (Å²) in [6.07, 6.45) is 3.98. The number of hydrogen-bond acceptors (Lipinski definition) is 2. The standard InChI is InChI=1S/C17H25F2NO/c1-4-9-20-14-7-8-17(2,3)11-16(14)21-15-6-5-12(18)10-13(15)19/h5-6,10,14,16,20H,4,7-9,11H2,1-3H3. The predicted octanol–water partition coefficient (Wildman–Crippen LogP) is 4.29. The number of rotatable bonds is 5. The fourth-order valence-corrected chi connectivity index (χ4v) is 2.94. The minimum atomic E-state index is -0.632. The first-order valence-electron chi connectivity index (χ1n) is 7.76. The van der Waals surface area contributed by atoms with Gasteiger partial charge in [-0.15, -0.1) is 0 Å². The molecule has 0 amide bonds. The summed E-state index contributed by atoms with van der Waals surface area (Å²) in [5.74, 6) is -1.07. The van der Waals surface area contributed by atoms with Crippen LogP contribution in [0, 0.1) is 17.0 Å². The molecular weight excluding hydrogens is 272 g/mol. The van der Waals surface area contributed by atoms with E-state index in [9.17, 15) is 8.78 Å². The Morgan fingerprint density at radius 1 is 1.33 bits per heavy atom. The van der Waals surface area contributed by atoms with E-state index >= 15 is 0 Å². The third-order valence-electron chi connectivity index (χ3n) is 4.16. The van der Waals surface area contributed by atoms with Gasteiger partial charge in [0.25, 0.3) is 0 Å². The number of nitrogens with one attached hydrogen (secondary N) is 1. The van der Waals surface area contributed by atoms with Crippen LogP contribution in [-0.4, -0.2) is 18.7 Å². The fraction of sp³-hybridized carbons (Fsp3) is 0.647. The van der Waals surface area contributed by atoms with Crippen molar-refractivity contribution in [2.45, 2.75) is 58.6 Å². The molecule has 0 aromatic heterocycles. The third kappa shape index (κ3) is 4.40. The second-order valence-corrected chi connectivity index (χ2v) is 6.70. The average Bonchev–Trinajstić information content (AvgIpc) is 2.40. The highest BCUT2D eigenvalue weighted by Crippen LogP contribution is 2.37. The van der Waals surface area contributed by atoms with E-state index in [1.807, 2.05) is 0 Å². The molecule has 0 radical (unpaired) electrons. The van der Waals surface area contributed by atoms with Crippen molar-refractivity contribution in [3.63, 3.8) is 0 Å². The van der Waals surface area contributed by atoms with Crippen molar-refractivity contribution < 1.29 is 13.5 Å². The number of ether oxygens (including phenoxy) is 1. The summed E-state index contributed by atoms with van der Waals surface area (Å²) in [5, 5.41) is 3.49. The SMILES string of the molecule is CCCNC1CCC(C)(C)CC1Oc1ccc(F)cc1F. The molecule has 1 N–H and O–H groups in total. The van der Waals surface area contributed by atoms with Crippen molar-refractivity contribution in [3.05, 3.63) is 29.8 Å². The lowest BCUT2D eigenvalue weighted by molar-refractivity contribution is 0.0503. The smallest absolute Gasteiger partial charge is 0.167 e. The van der Waals surface area contributed by atoms with E-state index in [1.165, 1.54) is 12.1 Å². The Bertz CT molecular complexity index is 476. The summed E-state index contributed by atoms with van der Waals surface area (Å²) in [6.45, 7) is 7.47. The quantitative estimate of drug-likeness (QED) is 0.875. The second kappa shape index (κ2) is 6.73. The van der Waals surface area contributed by atoms with E-state index in [1.54, 1.807) is 0 Å². The van der Waals surface area contributed by atoms with E-state index in [2.05, 4.69) is 26.1 Å². The summed E-state index contributed by atoms with van der Waals surface area (Å²) >= 11 is 0. The van der Waals surface area contributed by atoms with Crippen LogP contribution < -0.4 is 10.1 Å². The molecule has 1 aliphatic rings. The Labute approximate surface area is 125 Å². The van der Waals surface area contributed by atoms with Gasteiger partial charge in [0.1, 0.15) is 11.9 Å². The predicted molar refractivity (Wildman–Crippen MR) is 80.5 cm³/mol. The minimum Gasteiger partial charge on any atom is -0.486 e. The lowest BCUT2D eigenvalue weighted by Gasteiger charge is -2.41. The summed E-state index contributed by atoms with van der Waals surface area (Å²) in [6, 6.07) is 3.71. The van der Waals surface area contributed by atoms with Crippen molar-refractivity contribution >= 4 is 0 Å². The highest BCUT2D eigenvalue weighted by atomic mass is 19.1. The molecular formula is C17H25F2NO. The molecule has 1 aromatic rings. The normalized spacial score (nSPS) is 24.8. The lowest BCUT2D eigenvalue weighted by atomic mass is 9.74. The maximum Gasteiger partial charge on any atom is 0.167 e. The van der Waals surface area contributed by atoms with Crippen molar-refractivity contribution in [1.29, 1.82) is 0 Å². The van der Waals surface area contributed by atoms with Crippen LogP contribution in [0.4, 0.5) is 8.78 Å². The Kier molecular flexibility index (Phi) is 5.20. The van der Waals surface area contributed by atoms with Crippen molar-refractivity contribution in [1.82, 2.24) is 5.32 Å². The zero-order valence-corrected chi connectivity index (χ0v) is 13.1. The molecule has 1 saturated carbocycles. The molecule has 0 bridgehead atoms. The molecule has 0 saturated heterocycles. The molecule has 1 aromatic carbocycles. The first-order chi connectivity index (χ1) is 9.91. The molecule has 0 heterocycles. The van der Waals surface area contributed by atoms with Gasteiger partial charge >= 0.3 is 0 Å². The Morgan fingerprint density at radius 3 is 2.76 bits per heavy atom. The summed E-state index contributed by atoms with van der Waals surface area (Å²) in [7, 11) is 0. The van der Waals surface area contributed by atoms with E-state index < -0.39 is 11.6 Å². The molecule has 2 rings (SSSR count). The molecule has 0 aliphatic heterocycles. The van der Waals surface area contributed by atoms with Crippen LogP contribution in [0.5, 0.6) is 5.75 Å². The maximum absolute atomic E-state index is 13.8. The van der Waals surface area contributed by atoms with Crippen LogP contribution in [0.15, 0.2) is 18.2 Å². The van der Waals surface area contributed by atoms with Gasteiger partial charge in [0.05, 0.1) is 0 Å². The largest absolute Gasteiger partial charge is 0.486 e. The van der Waals surface area contributed by atoms with E-state index in [-0.39, 0.29) is 23.3 Å². The van der Waals surface area contributed by atoms with Gasteiger partial charge in [0.2, 0.25) is 0 Å². The first kappa shape index (κ1) is 16.2. The topological polar surface area (TPSA) is 21.3 Å². The highest BCUT2D eigenvalue weighted by molar-refractivity contribution is 5.25. The van der Waals surface area contributed by atoms with Crippen LogP contribution in [0.25, 0.3) is 0 Å². The number of halogens is 2. The van der Waals surface area contributed by atoms with E-state index in [4.69, 9.17) is 4.74 Å². The van der Waals surface area contributed by atoms with Gasteiger partial charge in [-0.05, 0) is 49.8 Å². The van der Waals surface area contributed by atoms with Gasteiger partial charge in [-0.1, -0.05) is 20.8 Å². The second-order valence-electron chi connectivity index (χ2n) is 6.70. The average molecular weight is 297 g/mol. The van der Waals surface area contributed by atoms with Gasteiger partial charge in [-0.2, -0.15) is 0 Å². The minimum absolute atomic E-state index is 0.0831. The van der Waals surface area contributed by atoms with Crippen molar-refractivity contribution in [2.75, 3.05) is 6.54 Å². The van der Waals surface area contributed by atoms with Crippen molar-refractivity contribution in [2.24, 2.45) is 5.41 Å².